The number of carbonyl (C=O) groups is 2. The van der Waals surface area contributed by atoms with Crippen LogP contribution in [0.1, 0.15) is 12.8 Å². The van der Waals surface area contributed by atoms with Crippen LogP contribution in [0.3, 0.4) is 0 Å². The third-order valence-corrected chi connectivity index (χ3v) is 3.26. The number of carbonyl (C=O) groups excluding carboxylic acids is 2. The molecule has 17 heavy (non-hydrogen) atoms. The highest BCUT2D eigenvalue weighted by molar-refractivity contribution is 6.01. The average molecular weight is 234 g/mol. The predicted octanol–water partition coefficient (Wildman–Crippen LogP) is 1.12. The van der Waals surface area contributed by atoms with E-state index in [-0.39, 0.29) is 30.3 Å². The van der Waals surface area contributed by atoms with Crippen molar-refractivity contribution in [3.05, 3.63) is 30.1 Å². The number of amides is 2. The van der Waals surface area contributed by atoms with E-state index in [9.17, 15) is 14.0 Å². The van der Waals surface area contributed by atoms with Crippen LogP contribution in [-0.4, -0.2) is 29.4 Å². The molecular formula is C12H11FN2O2. The summed E-state index contributed by atoms with van der Waals surface area (Å²) in [6.07, 6.45) is 0.863. The minimum absolute atomic E-state index is 0.00209. The molecule has 1 aromatic rings. The molecule has 1 unspecified atom stereocenters. The van der Waals surface area contributed by atoms with E-state index in [1.807, 2.05) is 0 Å². The number of hydrogen-bond donors (Lipinski definition) is 0. The van der Waals surface area contributed by atoms with Gasteiger partial charge in [0.15, 0.2) is 0 Å². The molecule has 2 saturated heterocycles. The lowest BCUT2D eigenvalue weighted by molar-refractivity contribution is -0.129. The van der Waals surface area contributed by atoms with Gasteiger partial charge >= 0.3 is 0 Å². The standard InChI is InChI=1S/C12H11FN2O2/c13-8-2-1-3-9(6-8)15-10-4-5-11(16)14(10)7-12(15)17/h1-3,6,10H,4-5,7H2. The molecular weight excluding hydrogens is 223 g/mol. The second kappa shape index (κ2) is 3.55. The zero-order valence-corrected chi connectivity index (χ0v) is 9.10. The van der Waals surface area contributed by atoms with Crippen LogP contribution in [0, 0.1) is 5.82 Å². The summed E-state index contributed by atoms with van der Waals surface area (Å²) in [5.41, 5.74) is 0.525. The predicted molar refractivity (Wildman–Crippen MR) is 58.6 cm³/mol. The van der Waals surface area contributed by atoms with Crippen molar-refractivity contribution in [1.82, 2.24) is 4.90 Å². The molecule has 2 aliphatic rings. The molecule has 2 heterocycles. The third kappa shape index (κ3) is 1.50. The van der Waals surface area contributed by atoms with Crippen molar-refractivity contribution in [2.45, 2.75) is 19.0 Å². The number of hydrogen-bond acceptors (Lipinski definition) is 2. The highest BCUT2D eigenvalue weighted by atomic mass is 19.1. The first-order chi connectivity index (χ1) is 8.16. The summed E-state index contributed by atoms with van der Waals surface area (Å²) in [7, 11) is 0. The van der Waals surface area contributed by atoms with Crippen LogP contribution in [0.2, 0.25) is 0 Å². The number of rotatable bonds is 1. The van der Waals surface area contributed by atoms with Crippen molar-refractivity contribution in [3.63, 3.8) is 0 Å². The van der Waals surface area contributed by atoms with Gasteiger partial charge < -0.3 is 4.90 Å². The molecule has 0 bridgehead atoms. The van der Waals surface area contributed by atoms with Crippen LogP contribution in [0.4, 0.5) is 10.1 Å². The van der Waals surface area contributed by atoms with Crippen molar-refractivity contribution >= 4 is 17.5 Å². The van der Waals surface area contributed by atoms with Gasteiger partial charge in [-0.3, -0.25) is 14.5 Å². The Morgan fingerprint density at radius 1 is 1.24 bits per heavy atom. The highest BCUT2D eigenvalue weighted by Crippen LogP contribution is 2.32. The second-order valence-corrected chi connectivity index (χ2v) is 4.28. The Bertz CT molecular complexity index is 503. The minimum atomic E-state index is -0.377. The van der Waals surface area contributed by atoms with E-state index in [2.05, 4.69) is 0 Å². The van der Waals surface area contributed by atoms with Crippen LogP contribution in [-0.2, 0) is 9.59 Å². The maximum Gasteiger partial charge on any atom is 0.248 e. The lowest BCUT2D eigenvalue weighted by Crippen LogP contribution is -2.36. The van der Waals surface area contributed by atoms with Crippen LogP contribution in [0.25, 0.3) is 0 Å². The summed E-state index contributed by atoms with van der Waals surface area (Å²) >= 11 is 0. The number of nitrogens with zero attached hydrogens (tertiary/aromatic N) is 2. The molecule has 0 aromatic heterocycles. The van der Waals surface area contributed by atoms with Gasteiger partial charge in [-0.2, -0.15) is 0 Å². The molecule has 0 aliphatic carbocycles. The van der Waals surface area contributed by atoms with Crippen LogP contribution in [0.5, 0.6) is 0 Å². The monoisotopic (exact) mass is 234 g/mol. The molecule has 4 nitrogen and oxygen atoms in total. The maximum absolute atomic E-state index is 13.1. The van der Waals surface area contributed by atoms with Gasteiger partial charge in [0.2, 0.25) is 11.8 Å². The first kappa shape index (κ1) is 10.3. The summed E-state index contributed by atoms with van der Waals surface area (Å²) in [6, 6.07) is 5.91. The van der Waals surface area contributed by atoms with Crippen LogP contribution in [0.15, 0.2) is 24.3 Å². The third-order valence-electron chi connectivity index (χ3n) is 3.26. The molecule has 3 rings (SSSR count). The number of anilines is 1. The van der Waals surface area contributed by atoms with Crippen molar-refractivity contribution in [2.75, 3.05) is 11.4 Å². The van der Waals surface area contributed by atoms with Gasteiger partial charge in [-0.15, -0.1) is 0 Å². The summed E-state index contributed by atoms with van der Waals surface area (Å²) < 4.78 is 13.1. The fourth-order valence-corrected chi connectivity index (χ4v) is 2.51. The highest BCUT2D eigenvalue weighted by Gasteiger charge is 2.45. The van der Waals surface area contributed by atoms with Crippen molar-refractivity contribution < 1.29 is 14.0 Å². The van der Waals surface area contributed by atoms with Crippen LogP contribution >= 0.6 is 0 Å². The van der Waals surface area contributed by atoms with Gasteiger partial charge in [0, 0.05) is 12.1 Å². The molecule has 2 amide bonds. The van der Waals surface area contributed by atoms with Gasteiger partial charge in [-0.1, -0.05) is 6.07 Å². The fourth-order valence-electron chi connectivity index (χ4n) is 2.51. The van der Waals surface area contributed by atoms with Gasteiger partial charge in [0.1, 0.15) is 18.5 Å². The van der Waals surface area contributed by atoms with E-state index < -0.39 is 0 Å². The Kier molecular flexibility index (Phi) is 2.14. The normalized spacial score (nSPS) is 23.5. The fraction of sp³-hybridized carbons (Fsp3) is 0.333. The Balaban J connectivity index is 1.98. The topological polar surface area (TPSA) is 40.6 Å². The molecule has 88 valence electrons. The van der Waals surface area contributed by atoms with Crippen molar-refractivity contribution in [3.8, 4) is 0 Å². The number of halogens is 1. The Morgan fingerprint density at radius 3 is 2.82 bits per heavy atom. The summed E-state index contributed by atoms with van der Waals surface area (Å²) in [5, 5.41) is 0. The second-order valence-electron chi connectivity index (χ2n) is 4.28. The molecule has 1 atom stereocenters. The Labute approximate surface area is 97.6 Å². The molecule has 1 aromatic carbocycles. The zero-order valence-electron chi connectivity index (χ0n) is 9.10. The Hall–Kier alpha value is -1.91. The van der Waals surface area contributed by atoms with E-state index in [4.69, 9.17) is 0 Å². The van der Waals surface area contributed by atoms with Crippen molar-refractivity contribution in [1.29, 1.82) is 0 Å². The van der Waals surface area contributed by atoms with Crippen molar-refractivity contribution in [2.24, 2.45) is 0 Å². The lowest BCUT2D eigenvalue weighted by Gasteiger charge is -2.23. The van der Waals surface area contributed by atoms with E-state index in [1.54, 1.807) is 17.0 Å². The zero-order chi connectivity index (χ0) is 12.0. The average Bonchev–Trinajstić information content (AvgIpc) is 2.79. The molecule has 5 heteroatoms. The van der Waals surface area contributed by atoms with Crippen LogP contribution < -0.4 is 4.90 Å². The lowest BCUT2D eigenvalue weighted by atomic mass is 10.2. The smallest absolute Gasteiger partial charge is 0.248 e. The largest absolute Gasteiger partial charge is 0.312 e. The maximum atomic E-state index is 13.1. The summed E-state index contributed by atoms with van der Waals surface area (Å²) in [5.74, 6) is -0.519. The number of benzene rings is 1. The SMILES string of the molecule is O=C1CCC2N1CC(=O)N2c1cccc(F)c1. The quantitative estimate of drug-likeness (QED) is 0.730. The van der Waals surface area contributed by atoms with E-state index in [0.717, 1.165) is 0 Å². The minimum Gasteiger partial charge on any atom is -0.312 e. The number of fused-ring (bicyclic) bond motifs is 1. The van der Waals surface area contributed by atoms with Gasteiger partial charge in [0.05, 0.1) is 0 Å². The van der Waals surface area contributed by atoms with E-state index in [1.165, 1.54) is 17.0 Å². The molecule has 2 fully saturated rings. The molecule has 0 radical (unpaired) electrons. The van der Waals surface area contributed by atoms with Gasteiger partial charge in [-0.25, -0.2) is 4.39 Å². The summed E-state index contributed by atoms with van der Waals surface area (Å²) in [6.45, 7) is 0.111. The first-order valence-electron chi connectivity index (χ1n) is 5.54. The van der Waals surface area contributed by atoms with E-state index in [0.29, 0.717) is 18.5 Å². The Morgan fingerprint density at radius 2 is 2.06 bits per heavy atom. The van der Waals surface area contributed by atoms with Gasteiger partial charge in [0.25, 0.3) is 0 Å². The molecule has 0 N–H and O–H groups in total. The van der Waals surface area contributed by atoms with E-state index >= 15 is 0 Å². The molecule has 0 spiro atoms. The van der Waals surface area contributed by atoms with Gasteiger partial charge in [-0.05, 0) is 24.6 Å². The summed E-state index contributed by atoms with van der Waals surface area (Å²) in [4.78, 5) is 26.5. The molecule has 2 aliphatic heterocycles. The first-order valence-corrected chi connectivity index (χ1v) is 5.54. The molecule has 0 saturated carbocycles.